The summed E-state index contributed by atoms with van der Waals surface area (Å²) in [5.41, 5.74) is 8.31. The van der Waals surface area contributed by atoms with Gasteiger partial charge in [-0.3, -0.25) is 14.4 Å². The Kier molecular flexibility index (Phi) is 5.11. The Balaban J connectivity index is 1.47. The van der Waals surface area contributed by atoms with E-state index >= 15 is 0 Å². The van der Waals surface area contributed by atoms with Crippen LogP contribution in [-0.2, 0) is 19.6 Å². The average Bonchev–Trinajstić information content (AvgIpc) is 3.48. The number of amides is 1. The van der Waals surface area contributed by atoms with E-state index < -0.39 is 17.8 Å². The van der Waals surface area contributed by atoms with Crippen LogP contribution in [-0.4, -0.2) is 30.6 Å². The van der Waals surface area contributed by atoms with Crippen LogP contribution in [0.4, 0.5) is 24.9 Å². The molecule has 1 aliphatic rings. The molecule has 186 valence electrons. The van der Waals surface area contributed by atoms with E-state index in [1.165, 1.54) is 23.4 Å². The second-order valence-electron chi connectivity index (χ2n) is 8.95. The second kappa shape index (κ2) is 8.26. The van der Waals surface area contributed by atoms with Crippen molar-refractivity contribution in [2.45, 2.75) is 25.1 Å². The summed E-state index contributed by atoms with van der Waals surface area (Å²) in [5.74, 6) is 0.138. The molecule has 3 heterocycles. The number of aromatic nitrogens is 5. The van der Waals surface area contributed by atoms with Crippen molar-refractivity contribution >= 4 is 39.5 Å². The molecule has 1 amide bonds. The molecule has 0 bridgehead atoms. The predicted octanol–water partition coefficient (Wildman–Crippen LogP) is 4.85. The highest BCUT2D eigenvalue weighted by Crippen LogP contribution is 2.41. The molecule has 0 radical (unpaired) electrons. The Hall–Kier alpha value is -4.54. The number of carbonyl (C=O) groups is 1. The van der Waals surface area contributed by atoms with Crippen molar-refractivity contribution < 1.29 is 18.0 Å². The van der Waals surface area contributed by atoms with E-state index in [1.54, 1.807) is 42.2 Å². The molecule has 1 aliphatic carbocycles. The van der Waals surface area contributed by atoms with Gasteiger partial charge < -0.3 is 5.73 Å². The largest absolute Gasteiger partial charge is 0.416 e. The zero-order valence-corrected chi connectivity index (χ0v) is 19.6. The van der Waals surface area contributed by atoms with Gasteiger partial charge in [0.1, 0.15) is 5.82 Å². The van der Waals surface area contributed by atoms with Crippen LogP contribution in [0.1, 0.15) is 39.5 Å². The molecule has 37 heavy (non-hydrogen) atoms. The molecular weight excluding hydrogens is 483 g/mol. The fourth-order valence-corrected chi connectivity index (χ4v) is 5.06. The van der Waals surface area contributed by atoms with Crippen LogP contribution < -0.4 is 10.6 Å². The number of halogens is 3. The molecule has 0 spiro atoms. The summed E-state index contributed by atoms with van der Waals surface area (Å²) in [6.07, 6.45) is 1.08. The van der Waals surface area contributed by atoms with E-state index in [9.17, 15) is 18.0 Å². The third-order valence-corrected chi connectivity index (χ3v) is 6.77. The molecule has 1 unspecified atom stereocenters. The molecule has 0 saturated heterocycles. The molecule has 1 atom stereocenters. The van der Waals surface area contributed by atoms with E-state index in [4.69, 9.17) is 5.73 Å². The van der Waals surface area contributed by atoms with Crippen LogP contribution in [0.2, 0.25) is 0 Å². The second-order valence-corrected chi connectivity index (χ2v) is 8.95. The highest BCUT2D eigenvalue weighted by atomic mass is 19.4. The number of hydrogen-bond acceptors (Lipinski definition) is 6. The first-order chi connectivity index (χ1) is 17.7. The maximum Gasteiger partial charge on any atom is 0.416 e. The molecule has 2 aromatic carbocycles. The Bertz CT molecular complexity index is 1680. The fraction of sp³-hybridized carbons (Fsp3) is 0.192. The summed E-state index contributed by atoms with van der Waals surface area (Å²) in [6.45, 7) is 0. The molecule has 0 saturated carbocycles. The Morgan fingerprint density at radius 3 is 2.65 bits per heavy atom. The van der Waals surface area contributed by atoms with Gasteiger partial charge >= 0.3 is 6.18 Å². The average molecular weight is 503 g/mol. The van der Waals surface area contributed by atoms with Gasteiger partial charge in [0.25, 0.3) is 5.91 Å². The number of aryl methyl sites for hydroxylation is 2. The maximum absolute atomic E-state index is 14.0. The highest BCUT2D eigenvalue weighted by molar-refractivity contribution is 6.12. The van der Waals surface area contributed by atoms with Crippen LogP contribution >= 0.6 is 0 Å². The molecule has 11 heteroatoms. The van der Waals surface area contributed by atoms with Gasteiger partial charge in [0.15, 0.2) is 0 Å². The number of nitrogens with two attached hydrogens (primary N) is 1. The van der Waals surface area contributed by atoms with E-state index in [1.807, 2.05) is 0 Å². The first kappa shape index (κ1) is 22.9. The number of alkyl halides is 3. The molecule has 0 aliphatic heterocycles. The zero-order valence-electron chi connectivity index (χ0n) is 19.6. The van der Waals surface area contributed by atoms with Gasteiger partial charge in [-0.05, 0) is 60.4 Å². The summed E-state index contributed by atoms with van der Waals surface area (Å²) in [4.78, 5) is 28.5. The van der Waals surface area contributed by atoms with E-state index in [2.05, 4.69) is 20.1 Å². The molecule has 3 aromatic heterocycles. The van der Waals surface area contributed by atoms with Crippen LogP contribution in [0.5, 0.6) is 0 Å². The summed E-state index contributed by atoms with van der Waals surface area (Å²) < 4.78 is 41.5. The molecule has 2 N–H and O–H groups in total. The lowest BCUT2D eigenvalue weighted by molar-refractivity contribution is -0.137. The third-order valence-electron chi connectivity index (χ3n) is 6.77. The molecule has 6 rings (SSSR count). The minimum atomic E-state index is -4.44. The van der Waals surface area contributed by atoms with Crippen LogP contribution in [0, 0.1) is 0 Å². The Morgan fingerprint density at radius 2 is 1.89 bits per heavy atom. The summed E-state index contributed by atoms with van der Waals surface area (Å²) >= 11 is 0. The van der Waals surface area contributed by atoms with Crippen molar-refractivity contribution in [3.8, 4) is 0 Å². The number of nitrogens with zero attached hydrogens (tertiary/aromatic N) is 6. The van der Waals surface area contributed by atoms with Crippen LogP contribution in [0.15, 0.2) is 61.1 Å². The number of benzene rings is 2. The van der Waals surface area contributed by atoms with E-state index in [0.717, 1.165) is 17.6 Å². The molecular formula is C26H20F3N7O. The van der Waals surface area contributed by atoms with Crippen molar-refractivity contribution in [2.75, 3.05) is 10.6 Å². The minimum absolute atomic E-state index is 0.173. The van der Waals surface area contributed by atoms with Crippen LogP contribution in [0.3, 0.4) is 0 Å². The SMILES string of the molecule is Cn1ncc2c(N)nc3ccc(C(=O)N(c4ncccn4)C4CCc5cc(C(F)(F)F)ccc54)cc3c21. The lowest BCUT2D eigenvalue weighted by Gasteiger charge is -2.28. The summed E-state index contributed by atoms with van der Waals surface area (Å²) in [5, 5.41) is 5.65. The van der Waals surface area contributed by atoms with Crippen molar-refractivity contribution in [2.24, 2.45) is 7.05 Å². The third kappa shape index (κ3) is 3.74. The number of pyridine rings is 1. The minimum Gasteiger partial charge on any atom is -0.383 e. The van der Waals surface area contributed by atoms with Gasteiger partial charge in [0.2, 0.25) is 5.95 Å². The van der Waals surface area contributed by atoms with Gasteiger partial charge in [-0.15, -0.1) is 0 Å². The van der Waals surface area contributed by atoms with Gasteiger partial charge in [-0.2, -0.15) is 18.3 Å². The van der Waals surface area contributed by atoms with Crippen LogP contribution in [0.25, 0.3) is 21.8 Å². The van der Waals surface area contributed by atoms with Crippen molar-refractivity contribution in [3.63, 3.8) is 0 Å². The summed E-state index contributed by atoms with van der Waals surface area (Å²) in [7, 11) is 1.78. The first-order valence-corrected chi connectivity index (χ1v) is 11.5. The fourth-order valence-electron chi connectivity index (χ4n) is 5.06. The number of fused-ring (bicyclic) bond motifs is 4. The Labute approximate surface area is 208 Å². The van der Waals surface area contributed by atoms with Gasteiger partial charge in [0, 0.05) is 30.4 Å². The van der Waals surface area contributed by atoms with Crippen molar-refractivity contribution in [1.29, 1.82) is 0 Å². The smallest absolute Gasteiger partial charge is 0.383 e. The Morgan fingerprint density at radius 1 is 1.11 bits per heavy atom. The van der Waals surface area contributed by atoms with Gasteiger partial charge in [0.05, 0.1) is 34.2 Å². The molecule has 0 fully saturated rings. The number of hydrogen-bond donors (Lipinski definition) is 1. The van der Waals surface area contributed by atoms with Gasteiger partial charge in [-0.1, -0.05) is 6.07 Å². The lowest BCUT2D eigenvalue weighted by Crippen LogP contribution is -2.35. The topological polar surface area (TPSA) is 103 Å². The number of anilines is 2. The standard InChI is InChI=1S/C26H20F3N7O/c1-35-22-18-12-15(3-7-20(18)34-23(30)19(22)13-33-35)24(37)36(25-31-9-2-10-32-25)21-8-4-14-11-16(26(27,28)29)5-6-17(14)21/h2-3,5-7,9-13,21H,4,8H2,1H3,(H2,30,34). The predicted molar refractivity (Wildman–Crippen MR) is 132 cm³/mol. The maximum atomic E-state index is 14.0. The number of carbonyl (C=O) groups excluding carboxylic acids is 1. The van der Waals surface area contributed by atoms with Crippen molar-refractivity contribution in [3.05, 3.63) is 83.3 Å². The lowest BCUT2D eigenvalue weighted by atomic mass is 10.0. The molecule has 5 aromatic rings. The number of rotatable bonds is 3. The zero-order chi connectivity index (χ0) is 25.9. The number of nitrogen functional groups attached to an aromatic ring is 1. The van der Waals surface area contributed by atoms with Gasteiger partial charge in [-0.25, -0.2) is 15.0 Å². The highest BCUT2D eigenvalue weighted by Gasteiger charge is 2.37. The first-order valence-electron chi connectivity index (χ1n) is 11.5. The van der Waals surface area contributed by atoms with E-state index in [-0.39, 0.29) is 11.9 Å². The molecule has 8 nitrogen and oxygen atoms in total. The summed E-state index contributed by atoms with van der Waals surface area (Å²) in [6, 6.07) is 9.87. The monoisotopic (exact) mass is 503 g/mol. The van der Waals surface area contributed by atoms with Crippen molar-refractivity contribution in [1.82, 2.24) is 24.7 Å². The normalized spacial score (nSPS) is 15.3. The quantitative estimate of drug-likeness (QED) is 0.378. The van der Waals surface area contributed by atoms with E-state index in [0.29, 0.717) is 51.6 Å².